The van der Waals surface area contributed by atoms with Crippen LogP contribution < -0.4 is 5.73 Å². The third-order valence-corrected chi connectivity index (χ3v) is 2.78. The lowest BCUT2D eigenvalue weighted by atomic mass is 10.1. The lowest BCUT2D eigenvalue weighted by Crippen LogP contribution is -2.11. The van der Waals surface area contributed by atoms with Gasteiger partial charge in [0.25, 0.3) is 5.89 Å². The van der Waals surface area contributed by atoms with Crippen molar-refractivity contribution >= 4 is 0 Å². The highest BCUT2D eigenvalue weighted by Crippen LogP contribution is 2.22. The molecule has 0 radical (unpaired) electrons. The summed E-state index contributed by atoms with van der Waals surface area (Å²) in [7, 11) is 0. The van der Waals surface area contributed by atoms with E-state index in [2.05, 4.69) is 10.1 Å². The fourth-order valence-electron chi connectivity index (χ4n) is 1.72. The van der Waals surface area contributed by atoms with Crippen molar-refractivity contribution in [3.63, 3.8) is 0 Å². The van der Waals surface area contributed by atoms with E-state index >= 15 is 0 Å². The molecule has 18 heavy (non-hydrogen) atoms. The minimum atomic E-state index is -0.249. The summed E-state index contributed by atoms with van der Waals surface area (Å²) in [5, 5.41) is 3.86. The van der Waals surface area contributed by atoms with Crippen molar-refractivity contribution in [3.8, 4) is 11.5 Å². The van der Waals surface area contributed by atoms with E-state index in [0.717, 1.165) is 12.8 Å². The Kier molecular flexibility index (Phi) is 3.72. The van der Waals surface area contributed by atoms with E-state index in [1.807, 2.05) is 6.92 Å². The molecule has 0 aliphatic carbocycles. The topological polar surface area (TPSA) is 64.9 Å². The summed E-state index contributed by atoms with van der Waals surface area (Å²) in [6, 6.07) is 4.47. The van der Waals surface area contributed by atoms with Gasteiger partial charge in [-0.2, -0.15) is 4.98 Å². The molecular weight excluding hydrogens is 233 g/mol. The number of rotatable bonds is 4. The third-order valence-electron chi connectivity index (χ3n) is 2.78. The van der Waals surface area contributed by atoms with Gasteiger partial charge in [-0.15, -0.1) is 0 Å². The summed E-state index contributed by atoms with van der Waals surface area (Å²) in [6.07, 6.45) is 1.77. The lowest BCUT2D eigenvalue weighted by molar-refractivity contribution is 0.413. The zero-order valence-corrected chi connectivity index (χ0v) is 10.5. The highest BCUT2D eigenvalue weighted by molar-refractivity contribution is 5.54. The summed E-state index contributed by atoms with van der Waals surface area (Å²) >= 11 is 0. The quantitative estimate of drug-likeness (QED) is 0.904. The third kappa shape index (κ3) is 2.56. The van der Waals surface area contributed by atoms with Crippen LogP contribution in [0.4, 0.5) is 4.39 Å². The molecule has 0 spiro atoms. The van der Waals surface area contributed by atoms with Crippen molar-refractivity contribution in [2.45, 2.75) is 32.7 Å². The van der Waals surface area contributed by atoms with Crippen LogP contribution in [-0.4, -0.2) is 10.1 Å². The molecule has 1 aromatic heterocycles. The highest BCUT2D eigenvalue weighted by atomic mass is 19.1. The van der Waals surface area contributed by atoms with Gasteiger partial charge in [0.2, 0.25) is 0 Å². The average Bonchev–Trinajstić information content (AvgIpc) is 2.82. The molecule has 1 aromatic carbocycles. The maximum atomic E-state index is 13.2. The second-order valence-electron chi connectivity index (χ2n) is 4.32. The standard InChI is InChI=1S/C13H16FN3O/c1-3-4-11(15)12-16-13(18-17-12)9-5-6-10(14)8(2)7-9/h5-7,11H,3-4,15H2,1-2H3. The minimum Gasteiger partial charge on any atom is -0.334 e. The van der Waals surface area contributed by atoms with Crippen molar-refractivity contribution < 1.29 is 8.91 Å². The van der Waals surface area contributed by atoms with Crippen LogP contribution in [0.1, 0.15) is 37.2 Å². The summed E-state index contributed by atoms with van der Waals surface area (Å²) in [6.45, 7) is 3.74. The molecule has 1 unspecified atom stereocenters. The van der Waals surface area contributed by atoms with Crippen molar-refractivity contribution in [2.75, 3.05) is 0 Å². The Hall–Kier alpha value is -1.75. The summed E-state index contributed by atoms with van der Waals surface area (Å²) in [4.78, 5) is 4.24. The van der Waals surface area contributed by atoms with Crippen LogP contribution in [0.5, 0.6) is 0 Å². The Morgan fingerprint density at radius 2 is 2.22 bits per heavy atom. The van der Waals surface area contributed by atoms with Gasteiger partial charge < -0.3 is 10.3 Å². The molecular formula is C13H16FN3O. The molecule has 2 N–H and O–H groups in total. The maximum Gasteiger partial charge on any atom is 0.257 e. The van der Waals surface area contributed by atoms with Crippen LogP contribution in [0.15, 0.2) is 22.7 Å². The second kappa shape index (κ2) is 5.27. The van der Waals surface area contributed by atoms with Crippen molar-refractivity contribution in [1.82, 2.24) is 10.1 Å². The first kappa shape index (κ1) is 12.7. The van der Waals surface area contributed by atoms with E-state index in [4.69, 9.17) is 10.3 Å². The summed E-state index contributed by atoms with van der Waals surface area (Å²) in [5.41, 5.74) is 7.16. The van der Waals surface area contributed by atoms with Gasteiger partial charge in [0.15, 0.2) is 5.82 Å². The van der Waals surface area contributed by atoms with Crippen LogP contribution in [0.2, 0.25) is 0 Å². The molecule has 4 nitrogen and oxygen atoms in total. The van der Waals surface area contributed by atoms with Crippen LogP contribution in [-0.2, 0) is 0 Å². The van der Waals surface area contributed by atoms with Crippen molar-refractivity contribution in [2.24, 2.45) is 5.73 Å². The Balaban J connectivity index is 2.26. The number of nitrogens with two attached hydrogens (primary N) is 1. The van der Waals surface area contributed by atoms with Gasteiger partial charge >= 0.3 is 0 Å². The molecule has 1 heterocycles. The van der Waals surface area contributed by atoms with E-state index in [1.165, 1.54) is 6.07 Å². The van der Waals surface area contributed by atoms with Gasteiger partial charge in [-0.3, -0.25) is 0 Å². The normalized spacial score (nSPS) is 12.7. The fourth-order valence-corrected chi connectivity index (χ4v) is 1.72. The van der Waals surface area contributed by atoms with Crippen LogP contribution >= 0.6 is 0 Å². The fraction of sp³-hybridized carbons (Fsp3) is 0.385. The molecule has 0 aliphatic heterocycles. The number of benzene rings is 1. The van der Waals surface area contributed by atoms with Gasteiger partial charge in [-0.25, -0.2) is 4.39 Å². The molecule has 2 aromatic rings. The zero-order valence-electron chi connectivity index (χ0n) is 10.5. The molecule has 2 rings (SSSR count). The molecule has 0 amide bonds. The Labute approximate surface area is 105 Å². The van der Waals surface area contributed by atoms with Gasteiger partial charge in [-0.05, 0) is 37.1 Å². The van der Waals surface area contributed by atoms with E-state index in [9.17, 15) is 4.39 Å². The molecule has 1 atom stereocenters. The first-order valence-electron chi connectivity index (χ1n) is 5.97. The monoisotopic (exact) mass is 249 g/mol. The number of aromatic nitrogens is 2. The van der Waals surface area contributed by atoms with E-state index in [1.54, 1.807) is 19.1 Å². The number of hydrogen-bond donors (Lipinski definition) is 1. The SMILES string of the molecule is CCCC(N)c1noc(-c2ccc(F)c(C)c2)n1. The van der Waals surface area contributed by atoms with Crippen LogP contribution in [0.3, 0.4) is 0 Å². The average molecular weight is 249 g/mol. The Morgan fingerprint density at radius 3 is 2.89 bits per heavy atom. The summed E-state index contributed by atoms with van der Waals surface area (Å²) in [5.74, 6) is 0.620. The number of nitrogens with zero attached hydrogens (tertiary/aromatic N) is 2. The summed E-state index contributed by atoms with van der Waals surface area (Å²) < 4.78 is 18.3. The molecule has 0 aliphatic rings. The number of aryl methyl sites for hydroxylation is 1. The minimum absolute atomic E-state index is 0.214. The van der Waals surface area contributed by atoms with E-state index in [-0.39, 0.29) is 11.9 Å². The first-order valence-corrected chi connectivity index (χ1v) is 5.97. The second-order valence-corrected chi connectivity index (χ2v) is 4.32. The Morgan fingerprint density at radius 1 is 1.44 bits per heavy atom. The Bertz CT molecular complexity index is 539. The van der Waals surface area contributed by atoms with Crippen molar-refractivity contribution in [1.29, 1.82) is 0 Å². The van der Waals surface area contributed by atoms with Gasteiger partial charge in [-0.1, -0.05) is 18.5 Å². The van der Waals surface area contributed by atoms with Crippen LogP contribution in [0, 0.1) is 12.7 Å². The molecule has 0 bridgehead atoms. The van der Waals surface area contributed by atoms with Crippen LogP contribution in [0.25, 0.3) is 11.5 Å². The zero-order chi connectivity index (χ0) is 13.1. The van der Waals surface area contributed by atoms with Gasteiger partial charge in [0, 0.05) is 5.56 Å². The molecule has 0 saturated heterocycles. The number of halogens is 1. The maximum absolute atomic E-state index is 13.2. The van der Waals surface area contributed by atoms with E-state index in [0.29, 0.717) is 22.8 Å². The molecule has 0 saturated carbocycles. The first-order chi connectivity index (χ1) is 8.61. The molecule has 5 heteroatoms. The largest absolute Gasteiger partial charge is 0.334 e. The lowest BCUT2D eigenvalue weighted by Gasteiger charge is -2.02. The number of hydrogen-bond acceptors (Lipinski definition) is 4. The molecule has 0 fully saturated rings. The molecule has 96 valence electrons. The highest BCUT2D eigenvalue weighted by Gasteiger charge is 2.15. The van der Waals surface area contributed by atoms with Gasteiger partial charge in [0.05, 0.1) is 6.04 Å². The smallest absolute Gasteiger partial charge is 0.257 e. The predicted octanol–water partition coefficient (Wildman–Crippen LogP) is 2.98. The van der Waals surface area contributed by atoms with Gasteiger partial charge in [0.1, 0.15) is 5.82 Å². The predicted molar refractivity (Wildman–Crippen MR) is 66.3 cm³/mol. The van der Waals surface area contributed by atoms with Crippen molar-refractivity contribution in [3.05, 3.63) is 35.4 Å². The van der Waals surface area contributed by atoms with E-state index < -0.39 is 0 Å².